The third kappa shape index (κ3) is 3.39. The van der Waals surface area contributed by atoms with Gasteiger partial charge in [0.25, 0.3) is 5.91 Å². The van der Waals surface area contributed by atoms with Crippen LogP contribution in [0.3, 0.4) is 0 Å². The van der Waals surface area contributed by atoms with Gasteiger partial charge in [-0.1, -0.05) is 11.6 Å². The first-order valence-corrected chi connectivity index (χ1v) is 7.08. The molecule has 2 rings (SSSR count). The van der Waals surface area contributed by atoms with E-state index < -0.39 is 0 Å². The highest BCUT2D eigenvalue weighted by Gasteiger charge is 2.17. The Balaban J connectivity index is 2.36. The fourth-order valence-corrected chi connectivity index (χ4v) is 2.36. The van der Waals surface area contributed by atoms with Gasteiger partial charge in [-0.3, -0.25) is 9.78 Å². The number of hydrogen-bond acceptors (Lipinski definition) is 3. The predicted octanol–water partition coefficient (Wildman–Crippen LogP) is 2.96. The number of pyridine rings is 1. The maximum atomic E-state index is 12.6. The Kier molecular flexibility index (Phi) is 4.58. The van der Waals surface area contributed by atoms with Crippen LogP contribution < -0.4 is 0 Å². The molecule has 0 aliphatic carbocycles. The Morgan fingerprint density at radius 1 is 1.33 bits per heavy atom. The number of rotatable bonds is 4. The van der Waals surface area contributed by atoms with E-state index in [1.165, 1.54) is 0 Å². The maximum absolute atomic E-state index is 12.6. The monoisotopic (exact) mass is 286 g/mol. The van der Waals surface area contributed by atoms with Gasteiger partial charge in [0.05, 0.1) is 22.9 Å². The smallest absolute Gasteiger partial charge is 0.255 e. The van der Waals surface area contributed by atoms with Gasteiger partial charge in [0.1, 0.15) is 0 Å². The second-order valence-electron chi connectivity index (χ2n) is 5.55. The topological polar surface area (TPSA) is 42.4 Å². The molecule has 0 spiro atoms. The summed E-state index contributed by atoms with van der Waals surface area (Å²) in [5, 5.41) is 0.997. The van der Waals surface area contributed by atoms with Crippen LogP contribution in [0.1, 0.15) is 28.5 Å². The van der Waals surface area contributed by atoms with Gasteiger partial charge >= 0.3 is 0 Å². The summed E-state index contributed by atoms with van der Waals surface area (Å²) in [6.45, 7) is 6.41. The second kappa shape index (κ2) is 6.22. The van der Waals surface area contributed by atoms with E-state index in [9.17, 15) is 4.79 Å². The summed E-state index contributed by atoms with van der Waals surface area (Å²) in [7, 11) is 3.44. The molecule has 1 amide bonds. The Hall–Kier alpha value is -1.94. The fraction of sp³-hybridized carbons (Fsp3) is 0.412. The Bertz CT molecular complexity index is 667. The van der Waals surface area contributed by atoms with Gasteiger partial charge < -0.3 is 9.64 Å². The standard InChI is InChI=1S/C17H22N2O2/c1-11-6-7-16-14(8-11)9-15(13(3)18-16)17(20)19(4)10-12(2)21-5/h6-9,12H,10H2,1-5H3. The van der Waals surface area contributed by atoms with Crippen molar-refractivity contribution in [3.63, 3.8) is 0 Å². The number of nitrogens with zero attached hydrogens (tertiary/aromatic N) is 2. The van der Waals surface area contributed by atoms with E-state index in [0.717, 1.165) is 22.2 Å². The summed E-state index contributed by atoms with van der Waals surface area (Å²) >= 11 is 0. The highest BCUT2D eigenvalue weighted by Crippen LogP contribution is 2.19. The highest BCUT2D eigenvalue weighted by molar-refractivity contribution is 5.98. The molecule has 0 N–H and O–H groups in total. The van der Waals surface area contributed by atoms with Gasteiger partial charge in [0.2, 0.25) is 0 Å². The number of carbonyl (C=O) groups excluding carboxylic acids is 1. The number of hydrogen-bond donors (Lipinski definition) is 0. The summed E-state index contributed by atoms with van der Waals surface area (Å²) in [4.78, 5) is 18.8. The Labute approximate surface area is 125 Å². The molecular weight excluding hydrogens is 264 g/mol. The molecule has 21 heavy (non-hydrogen) atoms. The van der Waals surface area contributed by atoms with Crippen molar-refractivity contribution in [2.75, 3.05) is 20.7 Å². The first-order valence-electron chi connectivity index (χ1n) is 7.08. The molecule has 4 heteroatoms. The predicted molar refractivity (Wildman–Crippen MR) is 84.6 cm³/mol. The van der Waals surface area contributed by atoms with Gasteiger partial charge in [-0.15, -0.1) is 0 Å². The minimum Gasteiger partial charge on any atom is -0.380 e. The van der Waals surface area contributed by atoms with Crippen LogP contribution in [0.5, 0.6) is 0 Å². The summed E-state index contributed by atoms with van der Waals surface area (Å²) in [6, 6.07) is 8.00. The quantitative estimate of drug-likeness (QED) is 0.868. The van der Waals surface area contributed by atoms with Crippen LogP contribution in [0.15, 0.2) is 24.3 Å². The van der Waals surface area contributed by atoms with Gasteiger partial charge in [0, 0.05) is 26.1 Å². The van der Waals surface area contributed by atoms with Crippen molar-refractivity contribution >= 4 is 16.8 Å². The van der Waals surface area contributed by atoms with Crippen LogP contribution in [0.25, 0.3) is 10.9 Å². The third-order valence-electron chi connectivity index (χ3n) is 3.67. The molecule has 0 aliphatic rings. The molecule has 0 aliphatic heterocycles. The lowest BCUT2D eigenvalue weighted by Gasteiger charge is -2.21. The zero-order chi connectivity index (χ0) is 15.6. The number of amides is 1. The van der Waals surface area contributed by atoms with Crippen molar-refractivity contribution < 1.29 is 9.53 Å². The van der Waals surface area contributed by atoms with E-state index in [1.54, 1.807) is 19.1 Å². The molecule has 1 heterocycles. The van der Waals surface area contributed by atoms with Gasteiger partial charge in [-0.05, 0) is 39.0 Å². The molecule has 2 aromatic rings. The van der Waals surface area contributed by atoms with Gasteiger partial charge in [0.15, 0.2) is 0 Å². The zero-order valence-electron chi connectivity index (χ0n) is 13.3. The minimum absolute atomic E-state index is 0.00918. The minimum atomic E-state index is -0.0210. The summed E-state index contributed by atoms with van der Waals surface area (Å²) in [6.07, 6.45) is 0.00918. The van der Waals surface area contributed by atoms with E-state index in [1.807, 2.05) is 39.0 Å². The molecule has 0 radical (unpaired) electrons. The average molecular weight is 286 g/mol. The molecule has 0 saturated carbocycles. The lowest BCUT2D eigenvalue weighted by molar-refractivity contribution is 0.0599. The SMILES string of the molecule is COC(C)CN(C)C(=O)c1cc2cc(C)ccc2nc1C. The number of aryl methyl sites for hydroxylation is 2. The maximum Gasteiger partial charge on any atom is 0.255 e. The van der Waals surface area contributed by atoms with Gasteiger partial charge in [-0.2, -0.15) is 0 Å². The van der Waals surface area contributed by atoms with E-state index in [4.69, 9.17) is 4.74 Å². The second-order valence-corrected chi connectivity index (χ2v) is 5.55. The van der Waals surface area contributed by atoms with Crippen LogP contribution in [0.4, 0.5) is 0 Å². The van der Waals surface area contributed by atoms with Crippen molar-refractivity contribution in [3.05, 3.63) is 41.1 Å². The number of ether oxygens (including phenoxy) is 1. The van der Waals surface area contributed by atoms with Crippen LogP contribution in [0, 0.1) is 13.8 Å². The van der Waals surface area contributed by atoms with Crippen LogP contribution in [0.2, 0.25) is 0 Å². The largest absolute Gasteiger partial charge is 0.380 e. The van der Waals surface area contributed by atoms with E-state index in [0.29, 0.717) is 12.1 Å². The van der Waals surface area contributed by atoms with Crippen LogP contribution >= 0.6 is 0 Å². The first kappa shape index (κ1) is 15.4. The third-order valence-corrected chi connectivity index (χ3v) is 3.67. The number of benzene rings is 1. The Morgan fingerprint density at radius 3 is 2.71 bits per heavy atom. The number of likely N-dealkylation sites (N-methyl/N-ethyl adjacent to an activating group) is 1. The summed E-state index contributed by atoms with van der Waals surface area (Å²) in [5.74, 6) is -0.0210. The lowest BCUT2D eigenvalue weighted by atomic mass is 10.1. The molecule has 4 nitrogen and oxygen atoms in total. The zero-order valence-corrected chi connectivity index (χ0v) is 13.3. The number of methoxy groups -OCH3 is 1. The van der Waals surface area contributed by atoms with Crippen molar-refractivity contribution in [2.24, 2.45) is 0 Å². The molecule has 1 atom stereocenters. The molecule has 0 saturated heterocycles. The number of carbonyl (C=O) groups is 1. The molecule has 112 valence electrons. The lowest BCUT2D eigenvalue weighted by Crippen LogP contribution is -2.34. The highest BCUT2D eigenvalue weighted by atomic mass is 16.5. The fourth-order valence-electron chi connectivity index (χ4n) is 2.36. The molecule has 0 bridgehead atoms. The summed E-state index contributed by atoms with van der Waals surface area (Å²) in [5.41, 5.74) is 3.49. The first-order chi connectivity index (χ1) is 9.92. The van der Waals surface area contributed by atoms with Crippen molar-refractivity contribution in [3.8, 4) is 0 Å². The molecule has 1 unspecified atom stereocenters. The van der Waals surface area contributed by atoms with Crippen molar-refractivity contribution in [2.45, 2.75) is 26.9 Å². The van der Waals surface area contributed by atoms with Crippen molar-refractivity contribution in [1.29, 1.82) is 0 Å². The molecule has 1 aromatic carbocycles. The average Bonchev–Trinajstić information content (AvgIpc) is 2.46. The molecule has 1 aromatic heterocycles. The summed E-state index contributed by atoms with van der Waals surface area (Å²) < 4.78 is 5.21. The normalized spacial score (nSPS) is 12.4. The molecule has 0 fully saturated rings. The van der Waals surface area contributed by atoms with E-state index in [2.05, 4.69) is 11.1 Å². The van der Waals surface area contributed by atoms with Gasteiger partial charge in [-0.25, -0.2) is 0 Å². The number of aromatic nitrogens is 1. The molecular formula is C17H22N2O2. The Morgan fingerprint density at radius 2 is 2.05 bits per heavy atom. The van der Waals surface area contributed by atoms with E-state index in [-0.39, 0.29) is 12.0 Å². The van der Waals surface area contributed by atoms with E-state index >= 15 is 0 Å². The number of fused-ring (bicyclic) bond motifs is 1. The van der Waals surface area contributed by atoms with Crippen LogP contribution in [-0.2, 0) is 4.74 Å². The van der Waals surface area contributed by atoms with Crippen molar-refractivity contribution in [1.82, 2.24) is 9.88 Å². The van der Waals surface area contributed by atoms with Crippen LogP contribution in [-0.4, -0.2) is 42.6 Å².